The lowest BCUT2D eigenvalue weighted by atomic mass is 10.3. The second kappa shape index (κ2) is 7.21. The lowest BCUT2D eigenvalue weighted by molar-refractivity contribution is -0.117. The van der Waals surface area contributed by atoms with E-state index in [0.717, 1.165) is 26.2 Å². The number of carbonyl (C=O) groups is 1. The molecule has 1 aliphatic rings. The maximum Gasteiger partial charge on any atom is 0.487 e. The molecule has 0 atom stereocenters. The van der Waals surface area contributed by atoms with Crippen molar-refractivity contribution in [2.24, 2.45) is 0 Å². The van der Waals surface area contributed by atoms with Gasteiger partial charge >= 0.3 is 5.57 Å². The molecule has 1 aromatic carbocycles. The van der Waals surface area contributed by atoms with Gasteiger partial charge in [-0.3, -0.25) is 9.69 Å². The van der Waals surface area contributed by atoms with Crippen LogP contribution in [0.4, 0.5) is 14.5 Å². The number of nitrogens with zero attached hydrogens (tertiary/aromatic N) is 2. The van der Waals surface area contributed by atoms with E-state index in [1.54, 1.807) is 0 Å². The van der Waals surface area contributed by atoms with E-state index in [0.29, 0.717) is 12.2 Å². The van der Waals surface area contributed by atoms with E-state index in [1.165, 1.54) is 24.3 Å². The number of likely N-dealkylation sites (N-methyl/N-ethyl adjacent to an activating group) is 1. The molecule has 1 N–H and O–H groups in total. The van der Waals surface area contributed by atoms with Gasteiger partial charge in [0.05, 0.1) is 6.54 Å². The van der Waals surface area contributed by atoms with Gasteiger partial charge in [0.1, 0.15) is 5.75 Å². The summed E-state index contributed by atoms with van der Waals surface area (Å²) >= 11 is 4.68. The highest BCUT2D eigenvalue weighted by molar-refractivity contribution is 6.20. The van der Waals surface area contributed by atoms with Crippen LogP contribution in [0.2, 0.25) is 0 Å². The van der Waals surface area contributed by atoms with Crippen molar-refractivity contribution in [1.82, 2.24) is 9.80 Å². The summed E-state index contributed by atoms with van der Waals surface area (Å²) in [5.74, 6) is -0.210. The summed E-state index contributed by atoms with van der Waals surface area (Å²) in [5, 5.41) is 2.72. The smallest absolute Gasteiger partial charge is 0.420 e. The molecule has 0 spiro atoms. The topological polar surface area (TPSA) is 44.8 Å². The van der Waals surface area contributed by atoms with Gasteiger partial charge in [0.2, 0.25) is 5.91 Å². The lowest BCUT2D eigenvalue weighted by Gasteiger charge is -2.31. The van der Waals surface area contributed by atoms with Gasteiger partial charge in [-0.15, -0.1) is 8.78 Å². The molecule has 1 amide bonds. The fourth-order valence-corrected chi connectivity index (χ4v) is 2.24. The number of hydrogen-bond acceptors (Lipinski definition) is 4. The van der Waals surface area contributed by atoms with Crippen molar-refractivity contribution >= 4 is 23.2 Å². The molecular formula is C14H18ClF2N3O2. The number of carbonyl (C=O) groups excluding carboxylic acids is 1. The number of nitrogens with one attached hydrogen (secondary N) is 1. The number of anilines is 1. The lowest BCUT2D eigenvalue weighted by Crippen LogP contribution is -2.47. The minimum atomic E-state index is -3.74. The van der Waals surface area contributed by atoms with E-state index in [9.17, 15) is 13.6 Å². The number of amides is 1. The van der Waals surface area contributed by atoms with E-state index in [2.05, 4.69) is 31.5 Å². The van der Waals surface area contributed by atoms with Gasteiger partial charge in [0.25, 0.3) is 0 Å². The van der Waals surface area contributed by atoms with Gasteiger partial charge in [-0.1, -0.05) is 0 Å². The van der Waals surface area contributed by atoms with E-state index >= 15 is 0 Å². The molecule has 2 rings (SSSR count). The van der Waals surface area contributed by atoms with Crippen LogP contribution in [0.3, 0.4) is 0 Å². The van der Waals surface area contributed by atoms with E-state index < -0.39 is 5.57 Å². The van der Waals surface area contributed by atoms with Crippen LogP contribution in [-0.4, -0.2) is 61.0 Å². The third-order valence-corrected chi connectivity index (χ3v) is 3.41. The quantitative estimate of drug-likeness (QED) is 0.838. The molecule has 1 fully saturated rings. The molecule has 1 aliphatic heterocycles. The zero-order valence-electron chi connectivity index (χ0n) is 12.2. The maximum atomic E-state index is 12.5. The molecule has 122 valence electrons. The normalized spacial score (nSPS) is 17.3. The molecule has 8 heteroatoms. The fraction of sp³-hybridized carbons (Fsp3) is 0.500. The molecular weight excluding hydrogens is 316 g/mol. The molecule has 0 unspecified atom stereocenters. The first-order valence-corrected chi connectivity index (χ1v) is 7.26. The van der Waals surface area contributed by atoms with Gasteiger partial charge in [-0.25, -0.2) is 0 Å². The Morgan fingerprint density at radius 2 is 1.86 bits per heavy atom. The number of rotatable bonds is 5. The number of ether oxygens (including phenoxy) is 1. The van der Waals surface area contributed by atoms with Crippen LogP contribution in [-0.2, 0) is 4.79 Å². The summed E-state index contributed by atoms with van der Waals surface area (Å²) in [6.45, 7) is 3.88. The summed E-state index contributed by atoms with van der Waals surface area (Å²) in [6.07, 6.45) is 0. The highest BCUT2D eigenvalue weighted by Crippen LogP contribution is 2.25. The average Bonchev–Trinajstić information content (AvgIpc) is 2.42. The number of halogens is 3. The number of alkyl halides is 3. The molecule has 0 bridgehead atoms. The Labute approximate surface area is 132 Å². The van der Waals surface area contributed by atoms with Crippen LogP contribution in [0.15, 0.2) is 24.3 Å². The first kappa shape index (κ1) is 16.9. The number of piperazine rings is 1. The summed E-state index contributed by atoms with van der Waals surface area (Å²) in [6, 6.07) is 5.61. The minimum Gasteiger partial charge on any atom is -0.420 e. The molecule has 0 aromatic heterocycles. The van der Waals surface area contributed by atoms with Crippen molar-refractivity contribution in [2.75, 3.05) is 45.1 Å². The molecule has 0 radical (unpaired) electrons. The maximum absolute atomic E-state index is 12.5. The molecule has 1 aromatic rings. The summed E-state index contributed by atoms with van der Waals surface area (Å²) in [7, 11) is 2.05. The van der Waals surface area contributed by atoms with Crippen molar-refractivity contribution < 1.29 is 18.3 Å². The van der Waals surface area contributed by atoms with Gasteiger partial charge in [-0.05, 0) is 31.3 Å². The second-order valence-corrected chi connectivity index (χ2v) is 5.64. The Kier molecular flexibility index (Phi) is 5.55. The van der Waals surface area contributed by atoms with Crippen LogP contribution in [0.1, 0.15) is 0 Å². The van der Waals surface area contributed by atoms with Gasteiger partial charge < -0.3 is 15.0 Å². The number of benzene rings is 1. The zero-order valence-corrected chi connectivity index (χ0v) is 12.9. The van der Waals surface area contributed by atoms with Crippen LogP contribution in [0, 0.1) is 0 Å². The van der Waals surface area contributed by atoms with Crippen LogP contribution in [0.5, 0.6) is 5.75 Å². The summed E-state index contributed by atoms with van der Waals surface area (Å²) in [4.78, 5) is 16.2. The Balaban J connectivity index is 1.81. The van der Waals surface area contributed by atoms with Crippen LogP contribution >= 0.6 is 11.6 Å². The predicted molar refractivity (Wildman–Crippen MR) is 80.4 cm³/mol. The van der Waals surface area contributed by atoms with E-state index in [-0.39, 0.29) is 11.7 Å². The average molecular weight is 334 g/mol. The largest absolute Gasteiger partial charge is 0.487 e. The van der Waals surface area contributed by atoms with Crippen molar-refractivity contribution in [1.29, 1.82) is 0 Å². The molecule has 1 saturated heterocycles. The van der Waals surface area contributed by atoms with E-state index in [1.807, 2.05) is 7.05 Å². The van der Waals surface area contributed by atoms with Gasteiger partial charge in [-0.2, -0.15) is 0 Å². The first-order chi connectivity index (χ1) is 10.3. The molecule has 1 heterocycles. The highest BCUT2D eigenvalue weighted by Gasteiger charge is 2.27. The van der Waals surface area contributed by atoms with E-state index in [4.69, 9.17) is 0 Å². The minimum absolute atomic E-state index is 0.0722. The van der Waals surface area contributed by atoms with Gasteiger partial charge in [0.15, 0.2) is 0 Å². The Morgan fingerprint density at radius 3 is 2.41 bits per heavy atom. The summed E-state index contributed by atoms with van der Waals surface area (Å²) < 4.78 is 29.1. The molecule has 5 nitrogen and oxygen atoms in total. The van der Waals surface area contributed by atoms with Crippen molar-refractivity contribution in [2.45, 2.75) is 5.57 Å². The fourth-order valence-electron chi connectivity index (χ4n) is 2.15. The van der Waals surface area contributed by atoms with Crippen LogP contribution in [0.25, 0.3) is 0 Å². The number of hydrogen-bond donors (Lipinski definition) is 1. The van der Waals surface area contributed by atoms with Crippen molar-refractivity contribution in [3.05, 3.63) is 24.3 Å². The molecule has 22 heavy (non-hydrogen) atoms. The van der Waals surface area contributed by atoms with Crippen molar-refractivity contribution in [3.63, 3.8) is 0 Å². The predicted octanol–water partition coefficient (Wildman–Crippen LogP) is 2.04. The first-order valence-electron chi connectivity index (χ1n) is 6.88. The molecule has 0 saturated carbocycles. The Bertz CT molecular complexity index is 500. The second-order valence-electron chi connectivity index (χ2n) is 5.20. The Hall–Kier alpha value is -1.44. The van der Waals surface area contributed by atoms with Gasteiger partial charge in [0, 0.05) is 43.5 Å². The Morgan fingerprint density at radius 1 is 1.27 bits per heavy atom. The third-order valence-electron chi connectivity index (χ3n) is 3.33. The van der Waals surface area contributed by atoms with Crippen molar-refractivity contribution in [3.8, 4) is 5.75 Å². The third kappa shape index (κ3) is 5.75. The zero-order chi connectivity index (χ0) is 16.2. The summed E-state index contributed by atoms with van der Waals surface area (Å²) in [5.41, 5.74) is -3.23. The monoisotopic (exact) mass is 333 g/mol. The highest BCUT2D eigenvalue weighted by atomic mass is 35.5. The SMILES string of the molecule is CN1CCN(CC(=O)Nc2ccc(OC(F)(F)Cl)cc2)CC1. The van der Waals surface area contributed by atoms with Crippen LogP contribution < -0.4 is 10.1 Å². The standard InChI is InChI=1S/C14H18ClF2N3O2/c1-19-6-8-20(9-7-19)10-13(21)18-11-2-4-12(5-3-11)22-14(15,16)17/h2-5H,6-10H2,1H3,(H,18,21). The molecule has 0 aliphatic carbocycles.